The van der Waals surface area contributed by atoms with Crippen LogP contribution in [0.2, 0.25) is 0 Å². The molecule has 0 heterocycles. The molecule has 0 amide bonds. The van der Waals surface area contributed by atoms with Gasteiger partial charge in [-0.25, -0.2) is 4.39 Å². The van der Waals surface area contributed by atoms with Gasteiger partial charge in [-0.15, -0.1) is 0 Å². The average Bonchev–Trinajstić information content (AvgIpc) is 1.35. The molecule has 0 saturated carbocycles. The van der Waals surface area contributed by atoms with Crippen LogP contribution in [0.3, 0.4) is 0 Å². The minimum Gasteiger partial charge on any atom is -0.390 e. The lowest BCUT2D eigenvalue weighted by Crippen LogP contribution is -2.21. The molecule has 0 fully saturated rings. The topological polar surface area (TPSA) is 40.5 Å². The van der Waals surface area contributed by atoms with E-state index in [0.29, 0.717) is 0 Å². The molecule has 6 heavy (non-hydrogen) atoms. The van der Waals surface area contributed by atoms with Gasteiger partial charge in [0.15, 0.2) is 0 Å². The second kappa shape index (κ2) is 1.53. The van der Waals surface area contributed by atoms with Crippen LogP contribution in [0.15, 0.2) is 0 Å². The van der Waals surface area contributed by atoms with Crippen LogP contribution in [0, 0.1) is 0 Å². The van der Waals surface area contributed by atoms with Crippen LogP contribution >= 0.6 is 0 Å². The van der Waals surface area contributed by atoms with E-state index in [2.05, 4.69) is 0 Å². The Morgan fingerprint density at radius 3 is 2.00 bits per heavy atom. The van der Waals surface area contributed by atoms with Crippen molar-refractivity contribution in [3.63, 3.8) is 0 Å². The van der Waals surface area contributed by atoms with Crippen LogP contribution in [0.4, 0.5) is 4.39 Å². The molecule has 3 heteroatoms. The molecule has 0 aromatic heterocycles. The summed E-state index contributed by atoms with van der Waals surface area (Å²) >= 11 is 0. The summed E-state index contributed by atoms with van der Waals surface area (Å²) in [7, 11) is 0. The zero-order valence-corrected chi connectivity index (χ0v) is 3.48. The summed E-state index contributed by atoms with van der Waals surface area (Å²) in [6.07, 6.45) is 0. The summed E-state index contributed by atoms with van der Waals surface area (Å²) < 4.78 is 11.4. The molecule has 0 radical (unpaired) electrons. The van der Waals surface area contributed by atoms with E-state index in [1.807, 2.05) is 0 Å². The van der Waals surface area contributed by atoms with E-state index in [1.165, 1.54) is 0 Å². The third-order valence-corrected chi connectivity index (χ3v) is 0.289. The highest BCUT2D eigenvalue weighted by molar-refractivity contribution is 4.49. The summed E-state index contributed by atoms with van der Waals surface area (Å²) in [5.41, 5.74) is 0. The van der Waals surface area contributed by atoms with Gasteiger partial charge in [0.05, 0.1) is 0 Å². The van der Waals surface area contributed by atoms with Gasteiger partial charge in [0.2, 0.25) is 5.85 Å². The second-order valence-corrected chi connectivity index (χ2v) is 1.30. The Balaban J connectivity index is 3.17. The molecule has 2 N–H and O–H groups in total. The Kier molecular flexibility index (Phi) is 1.49. The maximum atomic E-state index is 11.4. The maximum Gasteiger partial charge on any atom is 0.227 e. The Hall–Kier alpha value is -0.150. The molecular weight excluding hydrogens is 87.0 g/mol. The van der Waals surface area contributed by atoms with E-state index < -0.39 is 12.5 Å². The third-order valence-electron chi connectivity index (χ3n) is 0.289. The molecule has 0 bridgehead atoms. The molecular formula is C3H7FO2. The number of rotatable bonds is 1. The van der Waals surface area contributed by atoms with Crippen molar-refractivity contribution in [2.75, 3.05) is 6.61 Å². The molecule has 0 aromatic rings. The highest BCUT2D eigenvalue weighted by Crippen LogP contribution is 1.99. The first-order valence-corrected chi connectivity index (χ1v) is 1.58. The number of alkyl halides is 1. The van der Waals surface area contributed by atoms with E-state index >= 15 is 0 Å². The van der Waals surface area contributed by atoms with Crippen molar-refractivity contribution >= 4 is 0 Å². The van der Waals surface area contributed by atoms with Gasteiger partial charge in [-0.1, -0.05) is 0 Å². The fraction of sp³-hybridized carbons (Fsp3) is 1.00. The molecule has 2 nitrogen and oxygen atoms in total. The smallest absolute Gasteiger partial charge is 0.227 e. The van der Waals surface area contributed by atoms with Gasteiger partial charge in [-0.05, 0) is 6.92 Å². The SMILES string of the molecule is CC(O)(F)CO. The zero-order valence-electron chi connectivity index (χ0n) is 3.48. The Labute approximate surface area is 35.2 Å². The van der Waals surface area contributed by atoms with Crippen LogP contribution in [0.5, 0.6) is 0 Å². The standard InChI is InChI=1S/C3H7FO2/c1-3(4,6)2-5/h5-6H,2H2,1H3. The van der Waals surface area contributed by atoms with Gasteiger partial charge in [0.25, 0.3) is 0 Å². The van der Waals surface area contributed by atoms with Crippen molar-refractivity contribution in [1.29, 1.82) is 0 Å². The number of aliphatic hydroxyl groups excluding tert-OH is 1. The predicted octanol–water partition coefficient (Wildman–Crippen LogP) is -0.343. The van der Waals surface area contributed by atoms with Gasteiger partial charge in [0, 0.05) is 0 Å². The highest BCUT2D eigenvalue weighted by atomic mass is 19.2. The van der Waals surface area contributed by atoms with E-state index in [0.717, 1.165) is 6.92 Å². The second-order valence-electron chi connectivity index (χ2n) is 1.30. The number of hydrogen-bond donors (Lipinski definition) is 2. The van der Waals surface area contributed by atoms with Crippen molar-refractivity contribution in [3.8, 4) is 0 Å². The Morgan fingerprint density at radius 1 is 1.83 bits per heavy atom. The summed E-state index contributed by atoms with van der Waals surface area (Å²) in [5.74, 6) is -2.40. The van der Waals surface area contributed by atoms with Crippen molar-refractivity contribution in [1.82, 2.24) is 0 Å². The molecule has 0 aliphatic rings. The molecule has 0 aromatic carbocycles. The average molecular weight is 94.1 g/mol. The number of aliphatic hydroxyl groups is 2. The summed E-state index contributed by atoms with van der Waals surface area (Å²) in [5, 5.41) is 15.7. The predicted molar refractivity (Wildman–Crippen MR) is 18.8 cm³/mol. The van der Waals surface area contributed by atoms with Crippen molar-refractivity contribution in [2.45, 2.75) is 12.8 Å². The quantitative estimate of drug-likeness (QED) is 0.466. The van der Waals surface area contributed by atoms with Crippen LogP contribution in [-0.2, 0) is 0 Å². The van der Waals surface area contributed by atoms with Gasteiger partial charge in [0.1, 0.15) is 6.61 Å². The molecule has 0 spiro atoms. The highest BCUT2D eigenvalue weighted by Gasteiger charge is 2.14. The van der Waals surface area contributed by atoms with Crippen LogP contribution in [0.1, 0.15) is 6.92 Å². The van der Waals surface area contributed by atoms with Crippen molar-refractivity contribution in [3.05, 3.63) is 0 Å². The molecule has 0 rings (SSSR count). The minimum atomic E-state index is -2.40. The lowest BCUT2D eigenvalue weighted by Gasteiger charge is -2.05. The first-order chi connectivity index (χ1) is 2.56. The molecule has 38 valence electrons. The fourth-order valence-electron chi connectivity index (χ4n) is 0. The monoisotopic (exact) mass is 94.0 g/mol. The van der Waals surface area contributed by atoms with E-state index in [1.54, 1.807) is 0 Å². The summed E-state index contributed by atoms with van der Waals surface area (Å²) in [6.45, 7) is 0.0417. The number of hydrogen-bond acceptors (Lipinski definition) is 2. The summed E-state index contributed by atoms with van der Waals surface area (Å²) in [4.78, 5) is 0. The molecule has 0 aliphatic heterocycles. The first-order valence-electron chi connectivity index (χ1n) is 1.58. The first kappa shape index (κ1) is 5.85. The van der Waals surface area contributed by atoms with Crippen molar-refractivity contribution in [2.24, 2.45) is 0 Å². The largest absolute Gasteiger partial charge is 0.390 e. The van der Waals surface area contributed by atoms with Crippen LogP contribution < -0.4 is 0 Å². The lowest BCUT2D eigenvalue weighted by molar-refractivity contribution is -0.107. The van der Waals surface area contributed by atoms with E-state index in [4.69, 9.17) is 10.2 Å². The fourth-order valence-corrected chi connectivity index (χ4v) is 0. The normalized spacial score (nSPS) is 20.0. The van der Waals surface area contributed by atoms with Gasteiger partial charge in [-0.3, -0.25) is 0 Å². The zero-order chi connectivity index (χ0) is 5.21. The van der Waals surface area contributed by atoms with E-state index in [-0.39, 0.29) is 0 Å². The summed E-state index contributed by atoms with van der Waals surface area (Å²) in [6, 6.07) is 0. The van der Waals surface area contributed by atoms with Crippen molar-refractivity contribution < 1.29 is 14.6 Å². The molecule has 0 aliphatic carbocycles. The third kappa shape index (κ3) is 3.85. The van der Waals surface area contributed by atoms with Crippen LogP contribution in [-0.4, -0.2) is 22.7 Å². The lowest BCUT2D eigenvalue weighted by atomic mass is 10.4. The number of halogens is 1. The van der Waals surface area contributed by atoms with Gasteiger partial charge >= 0.3 is 0 Å². The Morgan fingerprint density at radius 2 is 2.00 bits per heavy atom. The van der Waals surface area contributed by atoms with Crippen LogP contribution in [0.25, 0.3) is 0 Å². The van der Waals surface area contributed by atoms with Gasteiger partial charge in [-0.2, -0.15) is 0 Å². The van der Waals surface area contributed by atoms with Gasteiger partial charge < -0.3 is 10.2 Å². The van der Waals surface area contributed by atoms with E-state index in [9.17, 15) is 4.39 Å². The molecule has 1 atom stereocenters. The Bertz CT molecular complexity index is 38.5. The minimum absolute atomic E-state index is 0.840. The molecule has 0 saturated heterocycles. The maximum absolute atomic E-state index is 11.4. The molecule has 1 unspecified atom stereocenters.